The normalized spacial score (nSPS) is 11.1. The number of anilines is 2. The Morgan fingerprint density at radius 1 is 1.10 bits per heavy atom. The average Bonchev–Trinajstić information content (AvgIpc) is 2.45. The van der Waals surface area contributed by atoms with Crippen molar-refractivity contribution in [2.24, 2.45) is 5.10 Å². The van der Waals surface area contributed by atoms with Crippen LogP contribution in [-0.2, 0) is 4.79 Å². The Morgan fingerprint density at radius 2 is 1.86 bits per heavy atom. The highest BCUT2D eigenvalue weighted by Crippen LogP contribution is 2.20. The SMILES string of the molecule is CC(=O)Nc1cccc(/C(C)=N\Nc2ccccc2Cl)c1. The van der Waals surface area contributed by atoms with E-state index in [2.05, 4.69) is 15.8 Å². The Morgan fingerprint density at radius 3 is 2.57 bits per heavy atom. The lowest BCUT2D eigenvalue weighted by Crippen LogP contribution is -2.07. The number of nitrogens with one attached hydrogen (secondary N) is 2. The molecular weight excluding hydrogens is 286 g/mol. The summed E-state index contributed by atoms with van der Waals surface area (Å²) in [5.41, 5.74) is 6.14. The molecule has 0 aliphatic heterocycles. The summed E-state index contributed by atoms with van der Waals surface area (Å²) < 4.78 is 0. The molecule has 2 N–H and O–H groups in total. The molecule has 2 aromatic rings. The molecule has 0 aliphatic carbocycles. The van der Waals surface area contributed by atoms with Crippen LogP contribution in [0.4, 0.5) is 11.4 Å². The van der Waals surface area contributed by atoms with Crippen molar-refractivity contribution in [3.8, 4) is 0 Å². The first-order chi connectivity index (χ1) is 10.1. The van der Waals surface area contributed by atoms with Crippen molar-refractivity contribution in [3.63, 3.8) is 0 Å². The van der Waals surface area contributed by atoms with Crippen LogP contribution >= 0.6 is 11.6 Å². The quantitative estimate of drug-likeness (QED) is 0.659. The summed E-state index contributed by atoms with van der Waals surface area (Å²) in [4.78, 5) is 11.1. The molecule has 0 heterocycles. The zero-order valence-corrected chi connectivity index (χ0v) is 12.6. The lowest BCUT2D eigenvalue weighted by Gasteiger charge is -2.07. The summed E-state index contributed by atoms with van der Waals surface area (Å²) in [6.07, 6.45) is 0. The summed E-state index contributed by atoms with van der Waals surface area (Å²) in [7, 11) is 0. The van der Waals surface area contributed by atoms with E-state index in [4.69, 9.17) is 11.6 Å². The zero-order chi connectivity index (χ0) is 15.2. The summed E-state index contributed by atoms with van der Waals surface area (Å²) in [6, 6.07) is 14.9. The van der Waals surface area contributed by atoms with Crippen LogP contribution in [0.5, 0.6) is 0 Å². The molecule has 4 nitrogen and oxygen atoms in total. The lowest BCUT2D eigenvalue weighted by atomic mass is 10.1. The second-order valence-electron chi connectivity index (χ2n) is 4.55. The maximum absolute atomic E-state index is 11.1. The Bertz CT molecular complexity index is 683. The molecule has 0 saturated carbocycles. The Hall–Kier alpha value is -2.33. The molecule has 0 fully saturated rings. The van der Waals surface area contributed by atoms with E-state index in [1.54, 1.807) is 6.07 Å². The van der Waals surface area contributed by atoms with E-state index in [1.807, 2.05) is 49.4 Å². The number of hydrogen-bond acceptors (Lipinski definition) is 3. The molecule has 0 radical (unpaired) electrons. The van der Waals surface area contributed by atoms with Gasteiger partial charge in [0.25, 0.3) is 0 Å². The predicted molar refractivity (Wildman–Crippen MR) is 88.0 cm³/mol. The van der Waals surface area contributed by atoms with Crippen LogP contribution < -0.4 is 10.7 Å². The van der Waals surface area contributed by atoms with Crippen molar-refractivity contribution in [1.82, 2.24) is 0 Å². The van der Waals surface area contributed by atoms with Gasteiger partial charge in [0, 0.05) is 12.6 Å². The van der Waals surface area contributed by atoms with Crippen LogP contribution in [0.2, 0.25) is 5.02 Å². The number of rotatable bonds is 4. The van der Waals surface area contributed by atoms with Gasteiger partial charge in [-0.15, -0.1) is 0 Å². The largest absolute Gasteiger partial charge is 0.326 e. The standard InChI is InChI=1S/C16H16ClN3O/c1-11(19-20-16-9-4-3-8-15(16)17)13-6-5-7-14(10-13)18-12(2)21/h3-10,20H,1-2H3,(H,18,21)/b19-11-. The van der Waals surface area contributed by atoms with Crippen molar-refractivity contribution in [2.75, 3.05) is 10.7 Å². The highest BCUT2D eigenvalue weighted by Gasteiger charge is 2.02. The van der Waals surface area contributed by atoms with Crippen molar-refractivity contribution in [3.05, 3.63) is 59.1 Å². The number of hydrogen-bond donors (Lipinski definition) is 2. The van der Waals surface area contributed by atoms with Gasteiger partial charge in [0.2, 0.25) is 5.91 Å². The molecule has 0 bridgehead atoms. The van der Waals surface area contributed by atoms with E-state index in [1.165, 1.54) is 6.92 Å². The van der Waals surface area contributed by atoms with Gasteiger partial charge in [-0.3, -0.25) is 10.2 Å². The first kappa shape index (κ1) is 15.1. The number of carbonyl (C=O) groups is 1. The van der Waals surface area contributed by atoms with Crippen LogP contribution in [0.1, 0.15) is 19.4 Å². The van der Waals surface area contributed by atoms with Crippen molar-refractivity contribution >= 4 is 34.6 Å². The van der Waals surface area contributed by atoms with E-state index in [-0.39, 0.29) is 5.91 Å². The van der Waals surface area contributed by atoms with Gasteiger partial charge < -0.3 is 5.32 Å². The maximum Gasteiger partial charge on any atom is 0.221 e. The van der Waals surface area contributed by atoms with E-state index in [0.29, 0.717) is 5.02 Å². The van der Waals surface area contributed by atoms with Crippen LogP contribution in [-0.4, -0.2) is 11.6 Å². The van der Waals surface area contributed by atoms with E-state index < -0.39 is 0 Å². The first-order valence-corrected chi connectivity index (χ1v) is 6.87. The van der Waals surface area contributed by atoms with Gasteiger partial charge in [-0.05, 0) is 36.8 Å². The molecule has 0 atom stereocenters. The second-order valence-corrected chi connectivity index (χ2v) is 4.96. The average molecular weight is 302 g/mol. The fourth-order valence-electron chi connectivity index (χ4n) is 1.79. The van der Waals surface area contributed by atoms with E-state index in [0.717, 1.165) is 22.6 Å². The Kier molecular flexibility index (Phi) is 4.95. The number of amides is 1. The van der Waals surface area contributed by atoms with Crippen molar-refractivity contribution < 1.29 is 4.79 Å². The lowest BCUT2D eigenvalue weighted by molar-refractivity contribution is -0.114. The highest BCUT2D eigenvalue weighted by molar-refractivity contribution is 6.33. The highest BCUT2D eigenvalue weighted by atomic mass is 35.5. The first-order valence-electron chi connectivity index (χ1n) is 6.49. The van der Waals surface area contributed by atoms with Gasteiger partial charge in [0.05, 0.1) is 16.4 Å². The molecule has 5 heteroatoms. The van der Waals surface area contributed by atoms with Crippen molar-refractivity contribution in [2.45, 2.75) is 13.8 Å². The fourth-order valence-corrected chi connectivity index (χ4v) is 1.96. The third-order valence-corrected chi connectivity index (χ3v) is 3.15. The smallest absolute Gasteiger partial charge is 0.221 e. The Balaban J connectivity index is 2.16. The van der Waals surface area contributed by atoms with Gasteiger partial charge in [-0.25, -0.2) is 0 Å². The van der Waals surface area contributed by atoms with Crippen LogP contribution in [0.3, 0.4) is 0 Å². The third kappa shape index (κ3) is 4.33. The number of carbonyl (C=O) groups excluding carboxylic acids is 1. The third-order valence-electron chi connectivity index (χ3n) is 2.82. The van der Waals surface area contributed by atoms with Crippen molar-refractivity contribution in [1.29, 1.82) is 0 Å². The van der Waals surface area contributed by atoms with Gasteiger partial charge >= 0.3 is 0 Å². The molecule has 1 amide bonds. The Labute approximate surface area is 128 Å². The summed E-state index contributed by atoms with van der Waals surface area (Å²) in [5, 5.41) is 7.67. The minimum absolute atomic E-state index is 0.101. The molecule has 0 spiro atoms. The van der Waals surface area contributed by atoms with Gasteiger partial charge in [0.1, 0.15) is 0 Å². The minimum Gasteiger partial charge on any atom is -0.326 e. The molecule has 108 valence electrons. The maximum atomic E-state index is 11.1. The molecule has 2 rings (SSSR count). The zero-order valence-electron chi connectivity index (χ0n) is 11.9. The van der Waals surface area contributed by atoms with Crippen LogP contribution in [0.25, 0.3) is 0 Å². The molecule has 0 aromatic heterocycles. The predicted octanol–water partition coefficient (Wildman–Crippen LogP) is 4.13. The minimum atomic E-state index is -0.101. The van der Waals surface area contributed by atoms with Crippen LogP contribution in [0, 0.1) is 0 Å². The van der Waals surface area contributed by atoms with E-state index in [9.17, 15) is 4.79 Å². The molecular formula is C16H16ClN3O. The second kappa shape index (κ2) is 6.90. The van der Waals surface area contributed by atoms with E-state index >= 15 is 0 Å². The molecule has 0 saturated heterocycles. The van der Waals surface area contributed by atoms with Gasteiger partial charge in [-0.1, -0.05) is 35.9 Å². The monoisotopic (exact) mass is 301 g/mol. The number of halogens is 1. The number of benzene rings is 2. The molecule has 2 aromatic carbocycles. The number of hydrazone groups is 1. The topological polar surface area (TPSA) is 53.5 Å². The van der Waals surface area contributed by atoms with Gasteiger partial charge in [0.15, 0.2) is 0 Å². The molecule has 0 unspecified atom stereocenters. The number of para-hydroxylation sites is 1. The summed E-state index contributed by atoms with van der Waals surface area (Å²) in [6.45, 7) is 3.36. The van der Waals surface area contributed by atoms with Crippen LogP contribution in [0.15, 0.2) is 53.6 Å². The summed E-state index contributed by atoms with van der Waals surface area (Å²) in [5.74, 6) is -0.101. The number of nitrogens with zero attached hydrogens (tertiary/aromatic N) is 1. The fraction of sp³-hybridized carbons (Fsp3) is 0.125. The summed E-state index contributed by atoms with van der Waals surface area (Å²) >= 11 is 6.06. The molecule has 0 aliphatic rings. The molecule has 21 heavy (non-hydrogen) atoms. The van der Waals surface area contributed by atoms with Gasteiger partial charge in [-0.2, -0.15) is 5.10 Å².